The topological polar surface area (TPSA) is 79.9 Å². The third kappa shape index (κ3) is 4.44. The average molecular weight is 415 g/mol. The molecule has 0 saturated carbocycles. The minimum Gasteiger partial charge on any atom is -0.497 e. The SMILES string of the molecule is COc1cc(CN2CCc3c(nc(N4C[C@@H](C)O[C@@H](C)C4)[nH]c3=O)C2)cc(OC)c1. The van der Waals surface area contributed by atoms with E-state index in [1.807, 2.05) is 32.0 Å². The van der Waals surface area contributed by atoms with Crippen molar-refractivity contribution in [2.45, 2.75) is 45.6 Å². The van der Waals surface area contributed by atoms with Crippen molar-refractivity contribution in [1.82, 2.24) is 14.9 Å². The largest absolute Gasteiger partial charge is 0.497 e. The van der Waals surface area contributed by atoms with Crippen LogP contribution in [0.2, 0.25) is 0 Å². The minimum absolute atomic E-state index is 0.0236. The zero-order valence-corrected chi connectivity index (χ0v) is 18.1. The quantitative estimate of drug-likeness (QED) is 0.801. The second-order valence-electron chi connectivity index (χ2n) is 8.16. The molecule has 0 aliphatic carbocycles. The van der Waals surface area contributed by atoms with Gasteiger partial charge in [0.15, 0.2) is 0 Å². The lowest BCUT2D eigenvalue weighted by atomic mass is 10.1. The van der Waals surface area contributed by atoms with Crippen LogP contribution in [0.1, 0.15) is 30.7 Å². The van der Waals surface area contributed by atoms with Gasteiger partial charge >= 0.3 is 0 Å². The highest BCUT2D eigenvalue weighted by Crippen LogP contribution is 2.25. The predicted octanol–water partition coefficient (Wildman–Crippen LogP) is 1.96. The summed E-state index contributed by atoms with van der Waals surface area (Å²) in [7, 11) is 3.31. The summed E-state index contributed by atoms with van der Waals surface area (Å²) in [4.78, 5) is 25.0. The third-order valence-electron chi connectivity index (χ3n) is 5.68. The lowest BCUT2D eigenvalue weighted by Crippen LogP contribution is -2.47. The highest BCUT2D eigenvalue weighted by atomic mass is 16.5. The van der Waals surface area contributed by atoms with Gasteiger partial charge in [0, 0.05) is 44.4 Å². The predicted molar refractivity (Wildman–Crippen MR) is 114 cm³/mol. The Kier molecular flexibility index (Phi) is 5.97. The third-order valence-corrected chi connectivity index (χ3v) is 5.68. The maximum atomic E-state index is 12.7. The minimum atomic E-state index is -0.0236. The van der Waals surface area contributed by atoms with Crippen LogP contribution in [0.4, 0.5) is 5.95 Å². The number of fused-ring (bicyclic) bond motifs is 1. The van der Waals surface area contributed by atoms with Gasteiger partial charge in [-0.05, 0) is 38.0 Å². The number of ether oxygens (including phenoxy) is 3. The summed E-state index contributed by atoms with van der Waals surface area (Å²) < 4.78 is 16.6. The fraction of sp³-hybridized carbons (Fsp3) is 0.545. The van der Waals surface area contributed by atoms with Crippen LogP contribution in [0.3, 0.4) is 0 Å². The first kappa shape index (κ1) is 20.7. The van der Waals surface area contributed by atoms with E-state index in [1.54, 1.807) is 14.2 Å². The van der Waals surface area contributed by atoms with E-state index < -0.39 is 0 Å². The van der Waals surface area contributed by atoms with E-state index in [9.17, 15) is 4.79 Å². The Morgan fingerprint density at radius 1 is 1.13 bits per heavy atom. The number of H-pyrrole nitrogens is 1. The average Bonchev–Trinajstić information content (AvgIpc) is 2.72. The molecule has 2 atom stereocenters. The van der Waals surface area contributed by atoms with E-state index >= 15 is 0 Å². The summed E-state index contributed by atoms with van der Waals surface area (Å²) in [5.41, 5.74) is 2.74. The number of hydrogen-bond donors (Lipinski definition) is 1. The molecule has 1 aromatic heterocycles. The summed E-state index contributed by atoms with van der Waals surface area (Å²) in [5.74, 6) is 2.19. The molecular formula is C22H30N4O4. The van der Waals surface area contributed by atoms with Crippen molar-refractivity contribution in [2.24, 2.45) is 0 Å². The number of anilines is 1. The van der Waals surface area contributed by atoms with Gasteiger partial charge in [-0.25, -0.2) is 4.98 Å². The Labute approximate surface area is 176 Å². The van der Waals surface area contributed by atoms with Crippen LogP contribution in [0.25, 0.3) is 0 Å². The Morgan fingerprint density at radius 2 is 1.80 bits per heavy atom. The zero-order valence-electron chi connectivity index (χ0n) is 18.1. The molecule has 2 aromatic rings. The fourth-order valence-corrected chi connectivity index (χ4v) is 4.33. The van der Waals surface area contributed by atoms with Crippen LogP contribution in [0, 0.1) is 0 Å². The lowest BCUT2D eigenvalue weighted by Gasteiger charge is -2.36. The molecule has 1 N–H and O–H groups in total. The number of aromatic amines is 1. The summed E-state index contributed by atoms with van der Waals surface area (Å²) in [5, 5.41) is 0. The molecule has 4 rings (SSSR count). The van der Waals surface area contributed by atoms with Crippen molar-refractivity contribution in [3.05, 3.63) is 45.4 Å². The second-order valence-corrected chi connectivity index (χ2v) is 8.16. The molecule has 3 heterocycles. The van der Waals surface area contributed by atoms with Crippen LogP contribution in [-0.2, 0) is 24.2 Å². The smallest absolute Gasteiger partial charge is 0.255 e. The van der Waals surface area contributed by atoms with Crippen molar-refractivity contribution < 1.29 is 14.2 Å². The maximum absolute atomic E-state index is 12.7. The summed E-state index contributed by atoms with van der Waals surface area (Å²) >= 11 is 0. The van der Waals surface area contributed by atoms with Crippen molar-refractivity contribution in [3.8, 4) is 11.5 Å². The van der Waals surface area contributed by atoms with E-state index in [-0.39, 0.29) is 17.8 Å². The number of aromatic nitrogens is 2. The monoisotopic (exact) mass is 414 g/mol. The molecule has 8 heteroatoms. The van der Waals surface area contributed by atoms with Crippen LogP contribution in [0.5, 0.6) is 11.5 Å². The Hall–Kier alpha value is -2.58. The Balaban J connectivity index is 1.54. The number of benzene rings is 1. The number of nitrogens with zero attached hydrogens (tertiary/aromatic N) is 3. The molecule has 1 saturated heterocycles. The molecule has 0 unspecified atom stereocenters. The standard InChI is InChI=1S/C22H30N4O4/c1-14-10-26(11-15(2)30-14)22-23-20-13-25(6-5-19(20)21(27)24-22)12-16-7-17(28-3)9-18(8-16)29-4/h7-9,14-15H,5-6,10-13H2,1-4H3,(H,23,24,27)/t14-,15+. The molecule has 1 fully saturated rings. The van der Waals surface area contributed by atoms with Gasteiger partial charge in [-0.1, -0.05) is 0 Å². The molecule has 2 aliphatic rings. The molecule has 8 nitrogen and oxygen atoms in total. The Bertz CT molecular complexity index is 928. The second kappa shape index (κ2) is 8.65. The fourth-order valence-electron chi connectivity index (χ4n) is 4.33. The molecule has 2 aliphatic heterocycles. The van der Waals surface area contributed by atoms with Crippen LogP contribution < -0.4 is 19.9 Å². The molecule has 30 heavy (non-hydrogen) atoms. The van der Waals surface area contributed by atoms with Crippen molar-refractivity contribution >= 4 is 5.95 Å². The van der Waals surface area contributed by atoms with Gasteiger partial charge in [0.1, 0.15) is 11.5 Å². The first-order valence-electron chi connectivity index (χ1n) is 10.4. The van der Waals surface area contributed by atoms with E-state index in [0.717, 1.165) is 54.5 Å². The molecule has 0 amide bonds. The van der Waals surface area contributed by atoms with Gasteiger partial charge in [-0.3, -0.25) is 14.7 Å². The highest BCUT2D eigenvalue weighted by Gasteiger charge is 2.27. The Morgan fingerprint density at radius 3 is 2.43 bits per heavy atom. The summed E-state index contributed by atoms with van der Waals surface area (Å²) in [6, 6.07) is 5.91. The van der Waals surface area contributed by atoms with Crippen molar-refractivity contribution in [2.75, 3.05) is 38.8 Å². The van der Waals surface area contributed by atoms with Crippen LogP contribution in [0.15, 0.2) is 23.0 Å². The lowest BCUT2D eigenvalue weighted by molar-refractivity contribution is -0.00576. The van der Waals surface area contributed by atoms with Crippen LogP contribution >= 0.6 is 0 Å². The van der Waals surface area contributed by atoms with E-state index in [2.05, 4.69) is 14.8 Å². The number of rotatable bonds is 5. The van der Waals surface area contributed by atoms with Gasteiger partial charge in [0.2, 0.25) is 5.95 Å². The van der Waals surface area contributed by atoms with Gasteiger partial charge in [-0.2, -0.15) is 0 Å². The van der Waals surface area contributed by atoms with E-state index in [1.165, 1.54) is 0 Å². The van der Waals surface area contributed by atoms with Gasteiger partial charge in [0.05, 0.1) is 32.1 Å². The summed E-state index contributed by atoms with van der Waals surface area (Å²) in [6.45, 7) is 7.72. The van der Waals surface area contributed by atoms with Gasteiger partial charge < -0.3 is 19.1 Å². The molecule has 162 valence electrons. The van der Waals surface area contributed by atoms with E-state index in [0.29, 0.717) is 18.9 Å². The van der Waals surface area contributed by atoms with E-state index in [4.69, 9.17) is 19.2 Å². The van der Waals surface area contributed by atoms with Crippen molar-refractivity contribution in [3.63, 3.8) is 0 Å². The summed E-state index contributed by atoms with van der Waals surface area (Å²) in [6.07, 6.45) is 0.902. The first-order chi connectivity index (χ1) is 14.4. The molecule has 0 bridgehead atoms. The maximum Gasteiger partial charge on any atom is 0.255 e. The first-order valence-corrected chi connectivity index (χ1v) is 10.4. The van der Waals surface area contributed by atoms with Gasteiger partial charge in [0.25, 0.3) is 5.56 Å². The number of morpholine rings is 1. The molecule has 0 spiro atoms. The zero-order chi connectivity index (χ0) is 21.3. The highest BCUT2D eigenvalue weighted by molar-refractivity contribution is 5.39. The molecular weight excluding hydrogens is 384 g/mol. The number of nitrogens with one attached hydrogen (secondary N) is 1. The van der Waals surface area contributed by atoms with Crippen LogP contribution in [-0.4, -0.2) is 60.9 Å². The van der Waals surface area contributed by atoms with Gasteiger partial charge in [-0.15, -0.1) is 0 Å². The normalized spacial score (nSPS) is 21.9. The molecule has 1 aromatic carbocycles. The molecule has 0 radical (unpaired) electrons. The number of hydrogen-bond acceptors (Lipinski definition) is 7. The van der Waals surface area contributed by atoms with Crippen molar-refractivity contribution in [1.29, 1.82) is 0 Å². The number of methoxy groups -OCH3 is 2.